The quantitative estimate of drug-likeness (QED) is 0.817. The van der Waals surface area contributed by atoms with Gasteiger partial charge in [-0.05, 0) is 0 Å². The van der Waals surface area contributed by atoms with Gasteiger partial charge in [0.1, 0.15) is 17.6 Å². The van der Waals surface area contributed by atoms with Crippen LogP contribution < -0.4 is 5.73 Å². The van der Waals surface area contributed by atoms with Crippen LogP contribution in [0.25, 0.3) is 11.6 Å². The minimum atomic E-state index is -0.0912. The van der Waals surface area contributed by atoms with Crippen molar-refractivity contribution in [1.82, 2.24) is 20.3 Å². The zero-order valence-corrected chi connectivity index (χ0v) is 9.74. The zero-order chi connectivity index (χ0) is 11.7. The van der Waals surface area contributed by atoms with E-state index in [1.807, 2.05) is 11.8 Å². The van der Waals surface area contributed by atoms with Gasteiger partial charge in [-0.1, -0.05) is 5.16 Å². The van der Waals surface area contributed by atoms with Gasteiger partial charge in [0.05, 0.1) is 6.61 Å². The molecule has 0 aromatic carbocycles. The van der Waals surface area contributed by atoms with Crippen molar-refractivity contribution in [2.75, 3.05) is 23.8 Å². The number of nitrogens with two attached hydrogens (primary N) is 1. The van der Waals surface area contributed by atoms with Crippen LogP contribution in [-0.4, -0.2) is 38.5 Å². The van der Waals surface area contributed by atoms with Gasteiger partial charge in [0, 0.05) is 17.6 Å². The van der Waals surface area contributed by atoms with Gasteiger partial charge in [0.2, 0.25) is 5.82 Å². The molecule has 1 unspecified atom stereocenters. The summed E-state index contributed by atoms with van der Waals surface area (Å²) in [7, 11) is 0. The fourth-order valence-electron chi connectivity index (χ4n) is 1.56. The number of hydrogen-bond acceptors (Lipinski definition) is 7. The predicted octanol–water partition coefficient (Wildman–Crippen LogP) is 0.846. The number of anilines is 1. The average molecular weight is 253 g/mol. The van der Waals surface area contributed by atoms with Crippen LogP contribution in [0.1, 0.15) is 11.9 Å². The maximum absolute atomic E-state index is 5.56. The summed E-state index contributed by atoms with van der Waals surface area (Å²) < 4.78 is 10.7. The number of aromatic nitrogens is 4. The van der Waals surface area contributed by atoms with Gasteiger partial charge in [-0.25, -0.2) is 0 Å². The van der Waals surface area contributed by atoms with Crippen LogP contribution in [0, 0.1) is 0 Å². The number of hydrogen-bond donors (Lipinski definition) is 2. The summed E-state index contributed by atoms with van der Waals surface area (Å²) in [5.74, 6) is 3.20. The highest BCUT2D eigenvalue weighted by atomic mass is 32.2. The third-order valence-corrected chi connectivity index (χ3v) is 3.37. The van der Waals surface area contributed by atoms with Crippen LogP contribution in [0.15, 0.2) is 10.6 Å². The Morgan fingerprint density at radius 2 is 2.47 bits per heavy atom. The Labute approximate surface area is 101 Å². The van der Waals surface area contributed by atoms with E-state index in [-0.39, 0.29) is 6.10 Å². The lowest BCUT2D eigenvalue weighted by Crippen LogP contribution is -2.16. The van der Waals surface area contributed by atoms with E-state index in [0.717, 1.165) is 18.1 Å². The maximum atomic E-state index is 5.56. The van der Waals surface area contributed by atoms with Gasteiger partial charge in [0.25, 0.3) is 5.89 Å². The van der Waals surface area contributed by atoms with Crippen LogP contribution in [0.5, 0.6) is 0 Å². The van der Waals surface area contributed by atoms with Gasteiger partial charge < -0.3 is 15.0 Å². The van der Waals surface area contributed by atoms with E-state index in [4.69, 9.17) is 15.0 Å². The Morgan fingerprint density at radius 1 is 1.53 bits per heavy atom. The van der Waals surface area contributed by atoms with Crippen molar-refractivity contribution in [2.24, 2.45) is 0 Å². The first-order valence-corrected chi connectivity index (χ1v) is 6.32. The number of thioether (sulfide) groups is 1. The summed E-state index contributed by atoms with van der Waals surface area (Å²) in [6.07, 6.45) is -0.0912. The summed E-state index contributed by atoms with van der Waals surface area (Å²) in [4.78, 5) is 4.27. The molecule has 1 atom stereocenters. The molecule has 0 aliphatic carbocycles. The third-order valence-electron chi connectivity index (χ3n) is 2.37. The molecular weight excluding hydrogens is 242 g/mol. The lowest BCUT2D eigenvalue weighted by atomic mass is 10.3. The van der Waals surface area contributed by atoms with Crippen molar-refractivity contribution in [3.63, 3.8) is 0 Å². The second kappa shape index (κ2) is 4.38. The summed E-state index contributed by atoms with van der Waals surface area (Å²) in [6.45, 7) is 0.718. The number of nitrogen functional groups attached to an aromatic ring is 1. The molecule has 1 saturated heterocycles. The normalized spacial score (nSPS) is 20.6. The van der Waals surface area contributed by atoms with E-state index in [0.29, 0.717) is 23.2 Å². The first-order valence-electron chi connectivity index (χ1n) is 5.17. The van der Waals surface area contributed by atoms with E-state index in [1.165, 1.54) is 0 Å². The smallest absolute Gasteiger partial charge is 0.276 e. The summed E-state index contributed by atoms with van der Waals surface area (Å²) in [5, 5.41) is 10.4. The zero-order valence-electron chi connectivity index (χ0n) is 8.92. The fraction of sp³-hybridized carbons (Fsp3) is 0.444. The first-order chi connectivity index (χ1) is 8.33. The topological polar surface area (TPSA) is 103 Å². The van der Waals surface area contributed by atoms with Gasteiger partial charge in [-0.2, -0.15) is 21.8 Å². The Balaban J connectivity index is 1.82. The minimum absolute atomic E-state index is 0.0912. The van der Waals surface area contributed by atoms with Crippen LogP contribution in [0.4, 0.5) is 5.82 Å². The molecule has 0 radical (unpaired) electrons. The maximum Gasteiger partial charge on any atom is 0.276 e. The highest BCUT2D eigenvalue weighted by Gasteiger charge is 2.22. The lowest BCUT2D eigenvalue weighted by Gasteiger charge is -2.18. The van der Waals surface area contributed by atoms with E-state index < -0.39 is 0 Å². The Hall–Kier alpha value is -1.54. The van der Waals surface area contributed by atoms with Gasteiger partial charge in [-0.15, -0.1) is 0 Å². The molecule has 2 aromatic heterocycles. The lowest BCUT2D eigenvalue weighted by molar-refractivity contribution is 0.0677. The second-order valence-electron chi connectivity index (χ2n) is 3.60. The predicted molar refractivity (Wildman–Crippen MR) is 62.3 cm³/mol. The molecule has 17 heavy (non-hydrogen) atoms. The number of ether oxygens (including phenoxy) is 1. The molecule has 8 heteroatoms. The molecule has 2 aromatic rings. The highest BCUT2D eigenvalue weighted by molar-refractivity contribution is 7.99. The Bertz CT molecular complexity index is 505. The van der Waals surface area contributed by atoms with Crippen molar-refractivity contribution in [3.05, 3.63) is 11.9 Å². The summed E-state index contributed by atoms with van der Waals surface area (Å²) in [6, 6.07) is 1.65. The van der Waals surface area contributed by atoms with E-state index in [1.54, 1.807) is 6.07 Å². The monoisotopic (exact) mass is 253 g/mol. The molecule has 1 aliphatic rings. The number of H-pyrrole nitrogens is 1. The van der Waals surface area contributed by atoms with Gasteiger partial charge in [-0.3, -0.25) is 5.10 Å². The van der Waals surface area contributed by atoms with Crippen molar-refractivity contribution in [3.8, 4) is 11.6 Å². The van der Waals surface area contributed by atoms with E-state index in [9.17, 15) is 0 Å². The largest absolute Gasteiger partial charge is 0.382 e. The molecule has 3 N–H and O–H groups in total. The first kappa shape index (κ1) is 10.6. The van der Waals surface area contributed by atoms with Crippen LogP contribution >= 0.6 is 11.8 Å². The third kappa shape index (κ3) is 2.13. The molecular formula is C9H11N5O2S. The molecule has 0 spiro atoms. The second-order valence-corrected chi connectivity index (χ2v) is 4.75. The molecule has 0 bridgehead atoms. The molecule has 7 nitrogen and oxygen atoms in total. The highest BCUT2D eigenvalue weighted by Crippen LogP contribution is 2.26. The molecule has 1 fully saturated rings. The Morgan fingerprint density at radius 3 is 3.18 bits per heavy atom. The van der Waals surface area contributed by atoms with E-state index >= 15 is 0 Å². The molecule has 3 heterocycles. The average Bonchev–Trinajstić information content (AvgIpc) is 2.98. The molecule has 90 valence electrons. The molecule has 0 saturated carbocycles. The number of nitrogens with zero attached hydrogens (tertiary/aromatic N) is 3. The van der Waals surface area contributed by atoms with Crippen molar-refractivity contribution >= 4 is 17.6 Å². The van der Waals surface area contributed by atoms with Crippen molar-refractivity contribution in [2.45, 2.75) is 6.10 Å². The molecule has 3 rings (SSSR count). The van der Waals surface area contributed by atoms with Gasteiger partial charge in [0.15, 0.2) is 0 Å². The van der Waals surface area contributed by atoms with Crippen LogP contribution in [-0.2, 0) is 4.74 Å². The number of nitrogens with one attached hydrogen (secondary N) is 1. The minimum Gasteiger partial charge on any atom is -0.382 e. The Kier molecular flexibility index (Phi) is 2.73. The van der Waals surface area contributed by atoms with Gasteiger partial charge >= 0.3 is 0 Å². The van der Waals surface area contributed by atoms with Crippen molar-refractivity contribution < 1.29 is 9.26 Å². The van der Waals surface area contributed by atoms with Crippen LogP contribution in [0.2, 0.25) is 0 Å². The summed E-state index contributed by atoms with van der Waals surface area (Å²) >= 11 is 1.82. The summed E-state index contributed by atoms with van der Waals surface area (Å²) in [5.41, 5.74) is 6.12. The fourth-order valence-corrected chi connectivity index (χ4v) is 2.40. The molecule has 0 amide bonds. The SMILES string of the molecule is Nc1cc(-c2nc(C3CSCCO3)no2)[nH]n1. The number of rotatable bonds is 2. The van der Waals surface area contributed by atoms with Crippen LogP contribution in [0.3, 0.4) is 0 Å². The standard InChI is InChI=1S/C9H11N5O2S/c10-7-3-5(12-13-7)9-11-8(14-16-9)6-4-17-2-1-15-6/h3,6H,1-2,4H2,(H3,10,12,13). The van der Waals surface area contributed by atoms with Crippen molar-refractivity contribution in [1.29, 1.82) is 0 Å². The number of aromatic amines is 1. The van der Waals surface area contributed by atoms with E-state index in [2.05, 4.69) is 20.3 Å². The molecule has 1 aliphatic heterocycles.